The molecule has 1 aliphatic rings. The number of imidazole rings is 1. The Kier molecular flexibility index (Phi) is 5.25. The third-order valence-corrected chi connectivity index (χ3v) is 5.77. The van der Waals surface area contributed by atoms with Crippen molar-refractivity contribution in [1.82, 2.24) is 24.6 Å². The van der Waals surface area contributed by atoms with E-state index < -0.39 is 5.63 Å². The molecule has 3 aromatic heterocycles. The number of carbonyl (C=O) groups is 1. The average molecular weight is 446 g/mol. The summed E-state index contributed by atoms with van der Waals surface area (Å²) >= 11 is 0. The predicted molar refractivity (Wildman–Crippen MR) is 121 cm³/mol. The first kappa shape index (κ1) is 20.7. The van der Waals surface area contributed by atoms with E-state index in [1.165, 1.54) is 7.11 Å². The molecule has 1 saturated heterocycles. The molecule has 4 heterocycles. The molecular formula is C23H22N6O4. The van der Waals surface area contributed by atoms with Gasteiger partial charge in [-0.25, -0.2) is 9.78 Å². The maximum Gasteiger partial charge on any atom is 0.349 e. The van der Waals surface area contributed by atoms with Gasteiger partial charge in [0.25, 0.3) is 5.91 Å². The molecule has 0 atom stereocenters. The number of nitrogens with zero attached hydrogens (tertiary/aromatic N) is 6. The second kappa shape index (κ2) is 8.38. The minimum Gasteiger partial charge on any atom is -0.493 e. The number of benzene rings is 1. The number of anilines is 1. The largest absolute Gasteiger partial charge is 0.493 e. The van der Waals surface area contributed by atoms with E-state index in [2.05, 4.69) is 20.1 Å². The molecule has 1 amide bonds. The Bertz CT molecular complexity index is 1370. The van der Waals surface area contributed by atoms with E-state index in [1.54, 1.807) is 35.4 Å². The highest BCUT2D eigenvalue weighted by Gasteiger charge is 2.26. The maximum absolute atomic E-state index is 13.0. The number of methoxy groups -OCH3 is 1. The molecule has 5 rings (SSSR count). The minimum absolute atomic E-state index is 0.0176. The van der Waals surface area contributed by atoms with Crippen LogP contribution in [0.1, 0.15) is 16.2 Å². The van der Waals surface area contributed by atoms with Crippen LogP contribution in [0.4, 0.5) is 5.82 Å². The SMILES string of the molecule is COc1cccc2cc(C(=O)N3CCN(c4ccc(-n5ccnc5C)nn4)CC3)c(=O)oc12. The third-order valence-electron chi connectivity index (χ3n) is 5.77. The van der Waals surface area contributed by atoms with Crippen LogP contribution in [0.5, 0.6) is 5.75 Å². The second-order valence-electron chi connectivity index (χ2n) is 7.70. The van der Waals surface area contributed by atoms with Crippen LogP contribution in [0.15, 0.2) is 58.0 Å². The van der Waals surface area contributed by atoms with E-state index >= 15 is 0 Å². The average Bonchev–Trinajstić information content (AvgIpc) is 3.29. The molecular weight excluding hydrogens is 424 g/mol. The van der Waals surface area contributed by atoms with Crippen LogP contribution >= 0.6 is 0 Å². The molecule has 1 fully saturated rings. The van der Waals surface area contributed by atoms with Crippen molar-refractivity contribution in [3.63, 3.8) is 0 Å². The second-order valence-corrected chi connectivity index (χ2v) is 7.70. The molecule has 4 aromatic rings. The lowest BCUT2D eigenvalue weighted by molar-refractivity contribution is 0.0742. The third kappa shape index (κ3) is 3.79. The van der Waals surface area contributed by atoms with Crippen molar-refractivity contribution in [3.8, 4) is 11.6 Å². The maximum atomic E-state index is 13.0. The lowest BCUT2D eigenvalue weighted by Crippen LogP contribution is -2.49. The summed E-state index contributed by atoms with van der Waals surface area (Å²) < 4.78 is 12.5. The van der Waals surface area contributed by atoms with Crippen molar-refractivity contribution in [2.45, 2.75) is 6.92 Å². The number of piperazine rings is 1. The Morgan fingerprint density at radius 2 is 1.82 bits per heavy atom. The van der Waals surface area contributed by atoms with Crippen LogP contribution in [0.2, 0.25) is 0 Å². The van der Waals surface area contributed by atoms with Crippen LogP contribution in [-0.2, 0) is 0 Å². The van der Waals surface area contributed by atoms with Crippen molar-refractivity contribution >= 4 is 22.7 Å². The fourth-order valence-corrected chi connectivity index (χ4v) is 3.97. The van der Waals surface area contributed by atoms with Crippen molar-refractivity contribution < 1.29 is 13.9 Å². The Hall–Kier alpha value is -4.21. The monoisotopic (exact) mass is 446 g/mol. The van der Waals surface area contributed by atoms with Crippen LogP contribution < -0.4 is 15.3 Å². The summed E-state index contributed by atoms with van der Waals surface area (Å²) in [5.41, 5.74) is -0.320. The summed E-state index contributed by atoms with van der Waals surface area (Å²) in [6.45, 7) is 3.97. The normalized spacial score (nSPS) is 14.0. The molecule has 1 aromatic carbocycles. The summed E-state index contributed by atoms with van der Waals surface area (Å²) in [7, 11) is 1.50. The predicted octanol–water partition coefficient (Wildman–Crippen LogP) is 2.05. The zero-order valence-corrected chi connectivity index (χ0v) is 18.3. The summed E-state index contributed by atoms with van der Waals surface area (Å²) in [5, 5.41) is 9.28. The molecule has 0 saturated carbocycles. The van der Waals surface area contributed by atoms with E-state index in [4.69, 9.17) is 9.15 Å². The van der Waals surface area contributed by atoms with Crippen LogP contribution in [0.3, 0.4) is 0 Å². The number of fused-ring (bicyclic) bond motifs is 1. The summed E-state index contributed by atoms with van der Waals surface area (Å²) in [6, 6.07) is 10.6. The molecule has 0 unspecified atom stereocenters. The lowest BCUT2D eigenvalue weighted by Gasteiger charge is -2.35. The van der Waals surface area contributed by atoms with Gasteiger partial charge in [-0.05, 0) is 31.2 Å². The highest BCUT2D eigenvalue weighted by Crippen LogP contribution is 2.25. The fraction of sp³-hybridized carbons (Fsp3) is 0.261. The number of carbonyl (C=O) groups excluding carboxylic acids is 1. The van der Waals surface area contributed by atoms with Gasteiger partial charge in [0.15, 0.2) is 23.0 Å². The molecule has 10 nitrogen and oxygen atoms in total. The number of amides is 1. The van der Waals surface area contributed by atoms with Crippen LogP contribution in [0, 0.1) is 6.92 Å². The van der Waals surface area contributed by atoms with Crippen LogP contribution in [0.25, 0.3) is 16.8 Å². The number of para-hydroxylation sites is 1. The molecule has 33 heavy (non-hydrogen) atoms. The van der Waals surface area contributed by atoms with Gasteiger partial charge in [-0.3, -0.25) is 9.36 Å². The quantitative estimate of drug-likeness (QED) is 0.439. The highest BCUT2D eigenvalue weighted by molar-refractivity contribution is 5.97. The summed E-state index contributed by atoms with van der Waals surface area (Å²) in [4.78, 5) is 33.5. The standard InChI is InChI=1S/C23H22N6O4/c1-15-24-8-9-29(15)20-7-6-19(25-26-20)27-10-12-28(13-11-27)22(30)17-14-16-4-3-5-18(32-2)21(16)33-23(17)31/h3-9,14H,10-13H2,1-2H3. The molecule has 10 heteroatoms. The van der Waals surface area contributed by atoms with Gasteiger partial charge in [0.05, 0.1) is 7.11 Å². The zero-order chi connectivity index (χ0) is 22.9. The lowest BCUT2D eigenvalue weighted by atomic mass is 10.1. The van der Waals surface area contributed by atoms with E-state index in [0.717, 1.165) is 11.6 Å². The van der Waals surface area contributed by atoms with Crippen molar-refractivity contribution in [2.75, 3.05) is 38.2 Å². The smallest absolute Gasteiger partial charge is 0.349 e. The Morgan fingerprint density at radius 3 is 2.48 bits per heavy atom. The molecule has 0 N–H and O–H groups in total. The van der Waals surface area contributed by atoms with E-state index in [0.29, 0.717) is 48.7 Å². The van der Waals surface area contributed by atoms with E-state index in [1.807, 2.05) is 29.8 Å². The van der Waals surface area contributed by atoms with Gasteiger partial charge >= 0.3 is 5.63 Å². The number of aryl methyl sites for hydroxylation is 1. The summed E-state index contributed by atoms with van der Waals surface area (Å²) in [5.74, 6) is 2.38. The Labute approximate surface area is 189 Å². The molecule has 0 bridgehead atoms. The fourth-order valence-electron chi connectivity index (χ4n) is 3.97. The van der Waals surface area contributed by atoms with Gasteiger partial charge in [0.2, 0.25) is 0 Å². The van der Waals surface area contributed by atoms with Gasteiger partial charge in [0, 0.05) is 44.0 Å². The first-order valence-corrected chi connectivity index (χ1v) is 10.5. The van der Waals surface area contributed by atoms with Gasteiger partial charge in [-0.15, -0.1) is 10.2 Å². The summed E-state index contributed by atoms with van der Waals surface area (Å²) in [6.07, 6.45) is 3.55. The van der Waals surface area contributed by atoms with Gasteiger partial charge in [0.1, 0.15) is 11.4 Å². The Morgan fingerprint density at radius 1 is 1.06 bits per heavy atom. The first-order chi connectivity index (χ1) is 16.0. The highest BCUT2D eigenvalue weighted by atomic mass is 16.5. The number of hydrogen-bond acceptors (Lipinski definition) is 8. The number of ether oxygens (including phenoxy) is 1. The number of aromatic nitrogens is 4. The van der Waals surface area contributed by atoms with Crippen LogP contribution in [-0.4, -0.2) is 63.8 Å². The van der Waals surface area contributed by atoms with Crippen molar-refractivity contribution in [1.29, 1.82) is 0 Å². The molecule has 0 spiro atoms. The molecule has 1 aliphatic heterocycles. The molecule has 168 valence electrons. The van der Waals surface area contributed by atoms with Crippen molar-refractivity contribution in [3.05, 3.63) is 70.6 Å². The molecule has 0 radical (unpaired) electrons. The van der Waals surface area contributed by atoms with Gasteiger partial charge < -0.3 is 19.0 Å². The zero-order valence-electron chi connectivity index (χ0n) is 18.3. The van der Waals surface area contributed by atoms with E-state index in [9.17, 15) is 9.59 Å². The van der Waals surface area contributed by atoms with E-state index in [-0.39, 0.29) is 11.5 Å². The Balaban J connectivity index is 1.29. The first-order valence-electron chi connectivity index (χ1n) is 10.5. The number of hydrogen-bond donors (Lipinski definition) is 0. The molecule has 0 aliphatic carbocycles. The van der Waals surface area contributed by atoms with Gasteiger partial charge in [-0.2, -0.15) is 0 Å². The number of rotatable bonds is 4. The minimum atomic E-state index is -0.671. The van der Waals surface area contributed by atoms with Gasteiger partial charge in [-0.1, -0.05) is 12.1 Å². The van der Waals surface area contributed by atoms with Crippen molar-refractivity contribution in [2.24, 2.45) is 0 Å². The topological polar surface area (TPSA) is 107 Å².